The minimum absolute atomic E-state index is 0.0266. The number of sulfone groups is 1. The molecule has 0 aliphatic rings. The van der Waals surface area contributed by atoms with Gasteiger partial charge in [0.2, 0.25) is 0 Å². The van der Waals surface area contributed by atoms with E-state index in [4.69, 9.17) is 22.8 Å². The number of carbonyl (C=O) groups excluding carboxylic acids is 3. The fourth-order valence-corrected chi connectivity index (χ4v) is 2.65. The van der Waals surface area contributed by atoms with Crippen molar-refractivity contribution in [2.24, 2.45) is 0 Å². The number of hydrogen-bond donors (Lipinski definition) is 2. The number of terminal acetylenes is 1. The lowest BCUT2D eigenvalue weighted by Crippen LogP contribution is -2.44. The zero-order chi connectivity index (χ0) is 20.4. The van der Waals surface area contributed by atoms with E-state index in [0.717, 1.165) is 6.26 Å². The zero-order valence-corrected chi connectivity index (χ0v) is 16.1. The van der Waals surface area contributed by atoms with Gasteiger partial charge in [-0.1, -0.05) is 17.5 Å². The number of rotatable bonds is 9. The SMILES string of the molecule is C#CCNC(=O)COC(=O)[C@H](CCS(C)(=O)=O)NC(=O)c1ccc(Cl)cc1. The molecule has 1 rings (SSSR count). The highest BCUT2D eigenvalue weighted by molar-refractivity contribution is 7.90. The molecule has 0 radical (unpaired) electrons. The highest BCUT2D eigenvalue weighted by Crippen LogP contribution is 2.10. The minimum atomic E-state index is -3.38. The van der Waals surface area contributed by atoms with E-state index in [9.17, 15) is 22.8 Å². The molecule has 0 saturated carbocycles. The van der Waals surface area contributed by atoms with E-state index in [-0.39, 0.29) is 24.3 Å². The van der Waals surface area contributed by atoms with E-state index >= 15 is 0 Å². The molecule has 27 heavy (non-hydrogen) atoms. The molecule has 0 saturated heterocycles. The Morgan fingerprint density at radius 2 is 1.89 bits per heavy atom. The molecule has 0 spiro atoms. The van der Waals surface area contributed by atoms with Crippen molar-refractivity contribution in [3.8, 4) is 12.3 Å². The number of carbonyl (C=O) groups is 3. The summed E-state index contributed by atoms with van der Waals surface area (Å²) in [5.74, 6) is -0.326. The van der Waals surface area contributed by atoms with Gasteiger partial charge in [0.15, 0.2) is 6.61 Å². The molecular weight excluding hydrogens is 396 g/mol. The molecule has 0 bridgehead atoms. The first-order valence-electron chi connectivity index (χ1n) is 7.73. The zero-order valence-electron chi connectivity index (χ0n) is 14.5. The van der Waals surface area contributed by atoms with Gasteiger partial charge in [-0.3, -0.25) is 9.59 Å². The Balaban J connectivity index is 2.77. The van der Waals surface area contributed by atoms with Crippen LogP contribution in [0.5, 0.6) is 0 Å². The smallest absolute Gasteiger partial charge is 0.329 e. The molecule has 0 unspecified atom stereocenters. The molecule has 0 fully saturated rings. The van der Waals surface area contributed by atoms with Crippen molar-refractivity contribution in [3.05, 3.63) is 34.9 Å². The minimum Gasteiger partial charge on any atom is -0.454 e. The topological polar surface area (TPSA) is 119 Å². The van der Waals surface area contributed by atoms with Crippen LogP contribution in [0.3, 0.4) is 0 Å². The molecule has 2 N–H and O–H groups in total. The van der Waals surface area contributed by atoms with Crippen LogP contribution in [-0.4, -0.2) is 57.4 Å². The quantitative estimate of drug-likeness (QED) is 0.439. The molecule has 1 aromatic carbocycles. The van der Waals surface area contributed by atoms with Crippen LogP contribution in [0.15, 0.2) is 24.3 Å². The number of halogens is 1. The van der Waals surface area contributed by atoms with E-state index < -0.39 is 40.3 Å². The van der Waals surface area contributed by atoms with Crippen LogP contribution in [0, 0.1) is 12.3 Å². The van der Waals surface area contributed by atoms with Crippen molar-refractivity contribution in [3.63, 3.8) is 0 Å². The summed E-state index contributed by atoms with van der Waals surface area (Å²) in [7, 11) is -3.38. The molecule has 1 aromatic rings. The first-order valence-corrected chi connectivity index (χ1v) is 10.2. The van der Waals surface area contributed by atoms with Crippen molar-refractivity contribution in [1.29, 1.82) is 0 Å². The van der Waals surface area contributed by atoms with Crippen LogP contribution in [0.1, 0.15) is 16.8 Å². The average molecular weight is 415 g/mol. The van der Waals surface area contributed by atoms with Crippen LogP contribution < -0.4 is 10.6 Å². The summed E-state index contributed by atoms with van der Waals surface area (Å²) < 4.78 is 27.6. The largest absolute Gasteiger partial charge is 0.454 e. The fraction of sp³-hybridized carbons (Fsp3) is 0.353. The second kappa shape index (κ2) is 10.5. The van der Waals surface area contributed by atoms with Gasteiger partial charge in [-0.05, 0) is 30.7 Å². The third-order valence-electron chi connectivity index (χ3n) is 3.21. The van der Waals surface area contributed by atoms with Gasteiger partial charge in [0.05, 0.1) is 12.3 Å². The van der Waals surface area contributed by atoms with E-state index in [1.165, 1.54) is 24.3 Å². The van der Waals surface area contributed by atoms with Crippen LogP contribution in [0.2, 0.25) is 5.02 Å². The first kappa shape index (κ1) is 22.5. The predicted molar refractivity (Wildman–Crippen MR) is 99.8 cm³/mol. The van der Waals surface area contributed by atoms with E-state index in [1.807, 2.05) is 0 Å². The third kappa shape index (κ3) is 9.08. The Morgan fingerprint density at radius 3 is 2.44 bits per heavy atom. The lowest BCUT2D eigenvalue weighted by molar-refractivity contribution is -0.150. The standard InChI is InChI=1S/C17H19ClN2O6S/c1-3-9-19-15(21)11-26-17(23)14(8-10-27(2,24)25)20-16(22)12-4-6-13(18)7-5-12/h1,4-7,14H,8-11H2,2H3,(H,19,21)(H,20,22)/t14-/m0/s1. The second-order valence-corrected chi connectivity index (χ2v) is 8.24. The Hall–Kier alpha value is -2.57. The Morgan fingerprint density at radius 1 is 1.26 bits per heavy atom. The highest BCUT2D eigenvalue weighted by atomic mass is 35.5. The van der Waals surface area contributed by atoms with Gasteiger partial charge in [0.1, 0.15) is 15.9 Å². The van der Waals surface area contributed by atoms with Crippen molar-refractivity contribution in [1.82, 2.24) is 10.6 Å². The van der Waals surface area contributed by atoms with Gasteiger partial charge in [0.25, 0.3) is 11.8 Å². The number of ether oxygens (including phenoxy) is 1. The summed E-state index contributed by atoms with van der Waals surface area (Å²) in [6.45, 7) is -0.631. The van der Waals surface area contributed by atoms with Gasteiger partial charge in [-0.15, -0.1) is 6.42 Å². The summed E-state index contributed by atoms with van der Waals surface area (Å²) in [6.07, 6.45) is 5.79. The molecule has 1 atom stereocenters. The second-order valence-electron chi connectivity index (χ2n) is 5.54. The lowest BCUT2D eigenvalue weighted by Gasteiger charge is -2.17. The highest BCUT2D eigenvalue weighted by Gasteiger charge is 2.25. The van der Waals surface area contributed by atoms with Crippen molar-refractivity contribution < 1.29 is 27.5 Å². The van der Waals surface area contributed by atoms with E-state index in [0.29, 0.717) is 5.02 Å². The van der Waals surface area contributed by atoms with Crippen molar-refractivity contribution in [2.75, 3.05) is 25.2 Å². The first-order chi connectivity index (χ1) is 12.6. The Bertz CT molecular complexity index is 830. The summed E-state index contributed by atoms with van der Waals surface area (Å²) in [6, 6.07) is 4.64. The molecule has 0 aromatic heterocycles. The van der Waals surface area contributed by atoms with Crippen molar-refractivity contribution >= 4 is 39.2 Å². The Labute approximate surface area is 162 Å². The predicted octanol–water partition coefficient (Wildman–Crippen LogP) is 0.166. The monoisotopic (exact) mass is 414 g/mol. The van der Waals surface area contributed by atoms with Crippen LogP contribution in [0.25, 0.3) is 0 Å². The molecule has 0 heterocycles. The molecule has 0 aliphatic heterocycles. The number of nitrogens with one attached hydrogen (secondary N) is 2. The third-order valence-corrected chi connectivity index (χ3v) is 4.44. The van der Waals surface area contributed by atoms with Crippen LogP contribution in [-0.2, 0) is 24.2 Å². The summed E-state index contributed by atoms with van der Waals surface area (Å²) in [4.78, 5) is 35.9. The normalized spacial score (nSPS) is 11.7. The molecule has 0 aliphatic carbocycles. The maximum Gasteiger partial charge on any atom is 0.329 e. The summed E-state index contributed by atoms with van der Waals surface area (Å²) in [5, 5.41) is 5.14. The van der Waals surface area contributed by atoms with Gasteiger partial charge >= 0.3 is 5.97 Å². The Kier molecular flexibility index (Phi) is 8.78. The van der Waals surface area contributed by atoms with Gasteiger partial charge in [0, 0.05) is 16.8 Å². The van der Waals surface area contributed by atoms with Crippen LogP contribution in [0.4, 0.5) is 0 Å². The average Bonchev–Trinajstić information content (AvgIpc) is 2.60. The maximum absolute atomic E-state index is 12.3. The number of hydrogen-bond acceptors (Lipinski definition) is 6. The number of amides is 2. The summed E-state index contributed by atoms with van der Waals surface area (Å²) in [5.41, 5.74) is 0.225. The van der Waals surface area contributed by atoms with Gasteiger partial charge < -0.3 is 15.4 Å². The molecule has 10 heteroatoms. The molecular formula is C17H19ClN2O6S. The number of esters is 1. The number of benzene rings is 1. The lowest BCUT2D eigenvalue weighted by atomic mass is 10.1. The van der Waals surface area contributed by atoms with Gasteiger partial charge in [-0.25, -0.2) is 13.2 Å². The molecule has 8 nitrogen and oxygen atoms in total. The van der Waals surface area contributed by atoms with E-state index in [1.54, 1.807) is 0 Å². The van der Waals surface area contributed by atoms with Crippen molar-refractivity contribution in [2.45, 2.75) is 12.5 Å². The fourth-order valence-electron chi connectivity index (χ4n) is 1.86. The molecule has 146 valence electrons. The molecule has 2 amide bonds. The summed E-state index contributed by atoms with van der Waals surface area (Å²) >= 11 is 5.76. The van der Waals surface area contributed by atoms with E-state index in [2.05, 4.69) is 16.6 Å². The van der Waals surface area contributed by atoms with Crippen LogP contribution >= 0.6 is 11.6 Å². The van der Waals surface area contributed by atoms with Gasteiger partial charge in [-0.2, -0.15) is 0 Å². The maximum atomic E-state index is 12.3.